The number of aryl methyl sites for hydroxylation is 2. The van der Waals surface area contributed by atoms with Crippen molar-refractivity contribution < 1.29 is 4.79 Å². The van der Waals surface area contributed by atoms with Crippen molar-refractivity contribution in [1.82, 2.24) is 15.0 Å². The van der Waals surface area contributed by atoms with Crippen LogP contribution in [0.15, 0.2) is 35.1 Å². The largest absolute Gasteiger partial charge is 0.326 e. The molecule has 2 aromatic rings. The van der Waals surface area contributed by atoms with Gasteiger partial charge in [-0.2, -0.15) is 0 Å². The van der Waals surface area contributed by atoms with Gasteiger partial charge in [0.25, 0.3) is 0 Å². The fourth-order valence-corrected chi connectivity index (χ4v) is 2.17. The summed E-state index contributed by atoms with van der Waals surface area (Å²) in [5.74, 6) is -0.0208. The van der Waals surface area contributed by atoms with E-state index >= 15 is 0 Å². The van der Waals surface area contributed by atoms with Gasteiger partial charge in [0.1, 0.15) is 0 Å². The van der Waals surface area contributed by atoms with Gasteiger partial charge < -0.3 is 5.32 Å². The third-order valence-electron chi connectivity index (χ3n) is 2.76. The smallest absolute Gasteiger partial charge is 0.226 e. The van der Waals surface area contributed by atoms with Crippen LogP contribution in [0.4, 0.5) is 5.69 Å². The number of hydrogen-bond donors (Lipinski definition) is 1. The van der Waals surface area contributed by atoms with E-state index in [9.17, 15) is 4.79 Å². The Kier molecular flexibility index (Phi) is 4.68. The van der Waals surface area contributed by atoms with E-state index in [4.69, 9.17) is 0 Å². The lowest BCUT2D eigenvalue weighted by Gasteiger charge is -2.10. The normalized spacial score (nSPS) is 10.4. The molecule has 1 heterocycles. The van der Waals surface area contributed by atoms with Crippen LogP contribution in [0.2, 0.25) is 0 Å². The Bertz CT molecular complexity index is 554. The summed E-state index contributed by atoms with van der Waals surface area (Å²) >= 11 is 3.43. The van der Waals surface area contributed by atoms with Crippen LogP contribution in [-0.2, 0) is 17.8 Å². The lowest BCUT2D eigenvalue weighted by Crippen LogP contribution is -2.15. The Labute approximate surface area is 120 Å². The zero-order chi connectivity index (χ0) is 13.7. The van der Waals surface area contributed by atoms with Gasteiger partial charge in [0.05, 0.1) is 12.7 Å². The predicted molar refractivity (Wildman–Crippen MR) is 76.8 cm³/mol. The molecule has 1 aromatic heterocycles. The monoisotopic (exact) mass is 322 g/mol. The molecular weight excluding hydrogens is 308 g/mol. The Hall–Kier alpha value is -1.69. The summed E-state index contributed by atoms with van der Waals surface area (Å²) in [7, 11) is 0. The van der Waals surface area contributed by atoms with Gasteiger partial charge in [0.2, 0.25) is 5.91 Å². The SMILES string of the molecule is CCc1cc(Br)ccc1NC(=O)CCn1ccnn1. The summed E-state index contributed by atoms with van der Waals surface area (Å²) in [5.41, 5.74) is 1.98. The quantitative estimate of drug-likeness (QED) is 0.920. The first-order chi connectivity index (χ1) is 9.19. The number of nitrogens with zero attached hydrogens (tertiary/aromatic N) is 3. The third-order valence-corrected chi connectivity index (χ3v) is 3.26. The first-order valence-corrected chi connectivity index (χ1v) is 6.90. The van der Waals surface area contributed by atoms with Crippen LogP contribution in [0.25, 0.3) is 0 Å². The van der Waals surface area contributed by atoms with E-state index < -0.39 is 0 Å². The van der Waals surface area contributed by atoms with Crippen LogP contribution in [0.5, 0.6) is 0 Å². The highest BCUT2D eigenvalue weighted by atomic mass is 79.9. The van der Waals surface area contributed by atoms with Gasteiger partial charge in [-0.05, 0) is 30.2 Å². The summed E-state index contributed by atoms with van der Waals surface area (Å²) in [6.45, 7) is 2.59. The molecule has 0 unspecified atom stereocenters. The lowest BCUT2D eigenvalue weighted by molar-refractivity contribution is -0.116. The molecule has 0 saturated carbocycles. The average molecular weight is 323 g/mol. The molecule has 0 atom stereocenters. The van der Waals surface area contributed by atoms with Gasteiger partial charge in [-0.25, -0.2) is 0 Å². The van der Waals surface area contributed by atoms with Gasteiger partial charge in [0.15, 0.2) is 0 Å². The molecule has 0 fully saturated rings. The zero-order valence-corrected chi connectivity index (χ0v) is 12.2. The summed E-state index contributed by atoms with van der Waals surface area (Å²) in [5, 5.41) is 10.4. The number of carbonyl (C=O) groups is 1. The molecule has 0 aliphatic carbocycles. The molecule has 6 heteroatoms. The first-order valence-electron chi connectivity index (χ1n) is 6.11. The molecule has 0 aliphatic rings. The maximum absolute atomic E-state index is 11.9. The lowest BCUT2D eigenvalue weighted by atomic mass is 10.1. The van der Waals surface area contributed by atoms with E-state index in [-0.39, 0.29) is 5.91 Å². The molecule has 1 amide bonds. The van der Waals surface area contributed by atoms with Crippen LogP contribution in [0, 0.1) is 0 Å². The molecule has 19 heavy (non-hydrogen) atoms. The van der Waals surface area contributed by atoms with E-state index in [0.29, 0.717) is 13.0 Å². The van der Waals surface area contributed by atoms with Crippen molar-refractivity contribution >= 4 is 27.5 Å². The number of aromatic nitrogens is 3. The fraction of sp³-hybridized carbons (Fsp3) is 0.308. The highest BCUT2D eigenvalue weighted by Crippen LogP contribution is 2.21. The maximum atomic E-state index is 11.9. The standard InChI is InChI=1S/C13H15BrN4O/c1-2-10-9-11(14)3-4-12(10)16-13(19)5-7-18-8-6-15-17-18/h3-4,6,8-9H,2,5,7H2,1H3,(H,16,19). The van der Waals surface area contributed by atoms with Crippen molar-refractivity contribution in [2.24, 2.45) is 0 Å². The molecule has 1 N–H and O–H groups in total. The van der Waals surface area contributed by atoms with Crippen LogP contribution < -0.4 is 5.32 Å². The van der Waals surface area contributed by atoms with Gasteiger partial charge in [-0.3, -0.25) is 9.48 Å². The predicted octanol–water partition coefficient (Wildman–Crippen LogP) is 2.63. The number of carbonyl (C=O) groups excluding carboxylic acids is 1. The molecule has 0 saturated heterocycles. The van der Waals surface area contributed by atoms with E-state index in [2.05, 4.69) is 38.5 Å². The van der Waals surface area contributed by atoms with Crippen molar-refractivity contribution in [3.63, 3.8) is 0 Å². The molecule has 1 aromatic carbocycles. The number of benzene rings is 1. The Balaban J connectivity index is 1.95. The Morgan fingerprint density at radius 1 is 1.47 bits per heavy atom. The summed E-state index contributed by atoms with van der Waals surface area (Å²) < 4.78 is 2.66. The average Bonchev–Trinajstić information content (AvgIpc) is 2.91. The minimum Gasteiger partial charge on any atom is -0.326 e. The zero-order valence-electron chi connectivity index (χ0n) is 10.6. The van der Waals surface area contributed by atoms with Gasteiger partial charge in [-0.15, -0.1) is 5.10 Å². The number of amides is 1. The Morgan fingerprint density at radius 2 is 2.32 bits per heavy atom. The van der Waals surface area contributed by atoms with E-state index in [0.717, 1.165) is 22.1 Å². The number of rotatable bonds is 5. The second-order valence-electron chi connectivity index (χ2n) is 4.12. The van der Waals surface area contributed by atoms with Gasteiger partial charge in [-0.1, -0.05) is 28.1 Å². The molecule has 100 valence electrons. The number of halogens is 1. The molecule has 2 rings (SSSR count). The molecular formula is C13H15BrN4O. The van der Waals surface area contributed by atoms with Crippen molar-refractivity contribution in [3.05, 3.63) is 40.6 Å². The topological polar surface area (TPSA) is 59.8 Å². The van der Waals surface area contributed by atoms with Crippen LogP contribution in [-0.4, -0.2) is 20.9 Å². The van der Waals surface area contributed by atoms with Crippen LogP contribution in [0.3, 0.4) is 0 Å². The minimum atomic E-state index is -0.0208. The van der Waals surface area contributed by atoms with E-state index in [1.165, 1.54) is 0 Å². The van der Waals surface area contributed by atoms with Gasteiger partial charge >= 0.3 is 0 Å². The fourth-order valence-electron chi connectivity index (χ4n) is 1.76. The number of nitrogens with one attached hydrogen (secondary N) is 1. The molecule has 0 spiro atoms. The first kappa shape index (κ1) is 13.7. The molecule has 0 aliphatic heterocycles. The van der Waals surface area contributed by atoms with Crippen LogP contribution >= 0.6 is 15.9 Å². The summed E-state index contributed by atoms with van der Waals surface area (Å²) in [6.07, 6.45) is 4.59. The highest BCUT2D eigenvalue weighted by Gasteiger charge is 2.07. The van der Waals surface area contributed by atoms with Crippen molar-refractivity contribution in [2.75, 3.05) is 5.32 Å². The highest BCUT2D eigenvalue weighted by molar-refractivity contribution is 9.10. The number of hydrogen-bond acceptors (Lipinski definition) is 3. The second kappa shape index (κ2) is 6.47. The number of anilines is 1. The van der Waals surface area contributed by atoms with Crippen molar-refractivity contribution in [2.45, 2.75) is 26.3 Å². The van der Waals surface area contributed by atoms with E-state index in [1.54, 1.807) is 17.1 Å². The summed E-state index contributed by atoms with van der Waals surface area (Å²) in [6, 6.07) is 5.86. The third kappa shape index (κ3) is 3.89. The second-order valence-corrected chi connectivity index (χ2v) is 5.04. The molecule has 5 nitrogen and oxygen atoms in total. The molecule has 0 bridgehead atoms. The van der Waals surface area contributed by atoms with Crippen molar-refractivity contribution in [3.8, 4) is 0 Å². The summed E-state index contributed by atoms with van der Waals surface area (Å²) in [4.78, 5) is 11.9. The minimum absolute atomic E-state index is 0.0208. The molecule has 0 radical (unpaired) electrons. The van der Waals surface area contributed by atoms with E-state index in [1.807, 2.05) is 18.2 Å². The van der Waals surface area contributed by atoms with Gasteiger partial charge in [0, 0.05) is 22.8 Å². The van der Waals surface area contributed by atoms with Crippen LogP contribution in [0.1, 0.15) is 18.9 Å². The van der Waals surface area contributed by atoms with Crippen molar-refractivity contribution in [1.29, 1.82) is 0 Å². The maximum Gasteiger partial charge on any atom is 0.226 e. The Morgan fingerprint density at radius 3 is 3.00 bits per heavy atom.